The normalized spacial score (nSPS) is 11.0. The third-order valence-corrected chi connectivity index (χ3v) is 4.54. The number of hydrogen-bond acceptors (Lipinski definition) is 3. The van der Waals surface area contributed by atoms with Crippen LogP contribution in [0.2, 0.25) is 5.02 Å². The van der Waals surface area contributed by atoms with Gasteiger partial charge in [-0.3, -0.25) is 9.59 Å². The second-order valence-corrected chi connectivity index (χ2v) is 7.21. The molecule has 0 saturated carbocycles. The molecule has 1 heterocycles. The van der Waals surface area contributed by atoms with E-state index in [1.165, 1.54) is 0 Å². The van der Waals surface area contributed by atoms with Gasteiger partial charge in [-0.2, -0.15) is 0 Å². The van der Waals surface area contributed by atoms with Crippen molar-refractivity contribution in [2.24, 2.45) is 0 Å². The summed E-state index contributed by atoms with van der Waals surface area (Å²) >= 11 is 6.02. The molecule has 2 aromatic carbocycles. The van der Waals surface area contributed by atoms with Crippen LogP contribution in [0.3, 0.4) is 0 Å². The summed E-state index contributed by atoms with van der Waals surface area (Å²) in [6, 6.07) is 10.8. The van der Waals surface area contributed by atoms with Crippen LogP contribution in [0.1, 0.15) is 40.7 Å². The van der Waals surface area contributed by atoms with Gasteiger partial charge in [-0.25, -0.2) is 4.98 Å². The molecule has 5 nitrogen and oxygen atoms in total. The second kappa shape index (κ2) is 7.92. The van der Waals surface area contributed by atoms with E-state index in [0.717, 1.165) is 17.5 Å². The summed E-state index contributed by atoms with van der Waals surface area (Å²) in [6.07, 6.45) is 0.806. The van der Waals surface area contributed by atoms with Gasteiger partial charge in [0.05, 0.1) is 17.4 Å². The summed E-state index contributed by atoms with van der Waals surface area (Å²) in [4.78, 5) is 34.4. The summed E-state index contributed by atoms with van der Waals surface area (Å²) < 4.78 is 0. The van der Waals surface area contributed by atoms with Crippen LogP contribution in [0, 0.1) is 13.8 Å². The molecule has 3 aromatic rings. The Hall–Kier alpha value is -2.66. The van der Waals surface area contributed by atoms with Crippen LogP contribution in [0.15, 0.2) is 41.2 Å². The van der Waals surface area contributed by atoms with Crippen molar-refractivity contribution in [1.82, 2.24) is 14.9 Å². The van der Waals surface area contributed by atoms with E-state index in [-0.39, 0.29) is 18.0 Å². The third-order valence-electron chi connectivity index (χ3n) is 4.31. The zero-order valence-electron chi connectivity index (χ0n) is 15.7. The van der Waals surface area contributed by atoms with Gasteiger partial charge in [-0.05, 0) is 50.6 Å². The highest BCUT2D eigenvalue weighted by Gasteiger charge is 2.18. The summed E-state index contributed by atoms with van der Waals surface area (Å²) in [5, 5.41) is 0.995. The van der Waals surface area contributed by atoms with Crippen molar-refractivity contribution >= 4 is 28.4 Å². The summed E-state index contributed by atoms with van der Waals surface area (Å²) in [5.41, 5.74) is 3.02. The molecule has 0 aliphatic rings. The van der Waals surface area contributed by atoms with Gasteiger partial charge in [-0.1, -0.05) is 35.7 Å². The first-order valence-electron chi connectivity index (χ1n) is 8.93. The highest BCUT2D eigenvalue weighted by atomic mass is 35.5. The Morgan fingerprint density at radius 3 is 2.52 bits per heavy atom. The molecule has 0 unspecified atom stereocenters. The maximum absolute atomic E-state index is 13.0. The number of carbonyl (C=O) groups is 1. The van der Waals surface area contributed by atoms with E-state index in [1.807, 2.05) is 39.0 Å². The largest absolute Gasteiger partial charge is 0.331 e. The number of nitrogens with one attached hydrogen (secondary N) is 1. The van der Waals surface area contributed by atoms with Crippen molar-refractivity contribution in [3.8, 4) is 0 Å². The summed E-state index contributed by atoms with van der Waals surface area (Å²) in [6.45, 7) is 6.76. The summed E-state index contributed by atoms with van der Waals surface area (Å²) in [5.74, 6) is 0.374. The molecule has 3 rings (SSSR count). The van der Waals surface area contributed by atoms with Crippen molar-refractivity contribution in [3.05, 3.63) is 74.3 Å². The van der Waals surface area contributed by atoms with Gasteiger partial charge >= 0.3 is 0 Å². The van der Waals surface area contributed by atoms with E-state index in [2.05, 4.69) is 9.97 Å². The Kier molecular flexibility index (Phi) is 5.61. The van der Waals surface area contributed by atoms with Gasteiger partial charge in [0.15, 0.2) is 0 Å². The number of aromatic amines is 1. The number of nitrogens with zero attached hydrogens (tertiary/aromatic N) is 2. The number of rotatable bonds is 5. The van der Waals surface area contributed by atoms with Crippen LogP contribution in [0.5, 0.6) is 0 Å². The van der Waals surface area contributed by atoms with Gasteiger partial charge < -0.3 is 9.88 Å². The predicted molar refractivity (Wildman–Crippen MR) is 108 cm³/mol. The standard InChI is InChI=1S/C21H22ClN3O2/c1-4-7-25(21(27)15-9-13(2)8-14(3)10-15)12-19-23-18-11-16(22)5-6-17(18)20(26)24-19/h5-6,8-11H,4,7,12H2,1-3H3,(H,23,24,26). The van der Waals surface area contributed by atoms with Crippen molar-refractivity contribution in [3.63, 3.8) is 0 Å². The molecule has 0 fully saturated rings. The molecule has 0 bridgehead atoms. The highest BCUT2D eigenvalue weighted by molar-refractivity contribution is 6.31. The first-order valence-corrected chi connectivity index (χ1v) is 9.31. The number of amides is 1. The predicted octanol–water partition coefficient (Wildman–Crippen LogP) is 4.25. The van der Waals surface area contributed by atoms with E-state index in [4.69, 9.17) is 11.6 Å². The SMILES string of the molecule is CCCN(Cc1nc2cc(Cl)ccc2c(=O)[nH]1)C(=O)c1cc(C)cc(C)c1. The Morgan fingerprint density at radius 2 is 1.85 bits per heavy atom. The highest BCUT2D eigenvalue weighted by Crippen LogP contribution is 2.16. The first kappa shape index (κ1) is 19.1. The molecule has 0 aliphatic heterocycles. The van der Waals surface area contributed by atoms with Gasteiger partial charge in [-0.15, -0.1) is 0 Å². The molecular formula is C21H22ClN3O2. The van der Waals surface area contributed by atoms with Crippen molar-refractivity contribution < 1.29 is 4.79 Å². The van der Waals surface area contributed by atoms with Crippen LogP contribution in [-0.2, 0) is 6.54 Å². The Balaban J connectivity index is 1.95. The Morgan fingerprint density at radius 1 is 1.15 bits per heavy atom. The van der Waals surface area contributed by atoms with Gasteiger partial charge in [0.2, 0.25) is 0 Å². The van der Waals surface area contributed by atoms with Crippen LogP contribution in [0.4, 0.5) is 0 Å². The number of fused-ring (bicyclic) bond motifs is 1. The van der Waals surface area contributed by atoms with E-state index < -0.39 is 0 Å². The van der Waals surface area contributed by atoms with E-state index in [1.54, 1.807) is 23.1 Å². The fraction of sp³-hybridized carbons (Fsp3) is 0.286. The lowest BCUT2D eigenvalue weighted by atomic mass is 10.1. The lowest BCUT2D eigenvalue weighted by Crippen LogP contribution is -2.33. The maximum atomic E-state index is 13.0. The number of carbonyl (C=O) groups excluding carboxylic acids is 1. The number of aryl methyl sites for hydroxylation is 2. The van der Waals surface area contributed by atoms with E-state index >= 15 is 0 Å². The number of hydrogen-bond donors (Lipinski definition) is 1. The molecular weight excluding hydrogens is 362 g/mol. The van der Waals surface area contributed by atoms with E-state index in [9.17, 15) is 9.59 Å². The van der Waals surface area contributed by atoms with Crippen molar-refractivity contribution in [2.75, 3.05) is 6.54 Å². The van der Waals surface area contributed by atoms with Crippen LogP contribution in [-0.4, -0.2) is 27.3 Å². The van der Waals surface area contributed by atoms with Crippen molar-refractivity contribution in [1.29, 1.82) is 0 Å². The molecule has 1 aromatic heterocycles. The second-order valence-electron chi connectivity index (χ2n) is 6.78. The lowest BCUT2D eigenvalue weighted by molar-refractivity contribution is 0.0738. The minimum Gasteiger partial charge on any atom is -0.331 e. The van der Waals surface area contributed by atoms with Gasteiger partial charge in [0.1, 0.15) is 5.82 Å². The lowest BCUT2D eigenvalue weighted by Gasteiger charge is -2.22. The number of aromatic nitrogens is 2. The molecule has 0 spiro atoms. The molecule has 1 amide bonds. The molecule has 6 heteroatoms. The maximum Gasteiger partial charge on any atom is 0.258 e. The average molecular weight is 384 g/mol. The van der Waals surface area contributed by atoms with Gasteiger partial charge in [0, 0.05) is 17.1 Å². The minimum absolute atomic E-state index is 0.0718. The molecule has 0 radical (unpaired) electrons. The molecule has 140 valence electrons. The van der Waals surface area contributed by atoms with Crippen LogP contribution < -0.4 is 5.56 Å². The monoisotopic (exact) mass is 383 g/mol. The molecule has 0 saturated heterocycles. The summed E-state index contributed by atoms with van der Waals surface area (Å²) in [7, 11) is 0. The van der Waals surface area contributed by atoms with E-state index in [0.29, 0.717) is 33.9 Å². The number of benzene rings is 2. The molecule has 1 N–H and O–H groups in total. The quantitative estimate of drug-likeness (QED) is 0.716. The van der Waals surface area contributed by atoms with Crippen LogP contribution >= 0.6 is 11.6 Å². The van der Waals surface area contributed by atoms with Crippen molar-refractivity contribution in [2.45, 2.75) is 33.7 Å². The Bertz CT molecular complexity index is 1040. The van der Waals surface area contributed by atoms with Crippen LogP contribution in [0.25, 0.3) is 10.9 Å². The first-order chi connectivity index (χ1) is 12.9. The average Bonchev–Trinajstić information content (AvgIpc) is 2.59. The number of halogens is 1. The molecule has 0 aliphatic carbocycles. The smallest absolute Gasteiger partial charge is 0.258 e. The third kappa shape index (κ3) is 4.37. The topological polar surface area (TPSA) is 66.1 Å². The fourth-order valence-corrected chi connectivity index (χ4v) is 3.39. The zero-order valence-corrected chi connectivity index (χ0v) is 16.4. The molecule has 0 atom stereocenters. The number of H-pyrrole nitrogens is 1. The fourth-order valence-electron chi connectivity index (χ4n) is 3.22. The molecule has 27 heavy (non-hydrogen) atoms. The van der Waals surface area contributed by atoms with Gasteiger partial charge in [0.25, 0.3) is 11.5 Å². The minimum atomic E-state index is -0.234. The Labute approximate surface area is 163 Å². The zero-order chi connectivity index (χ0) is 19.6.